The van der Waals surface area contributed by atoms with Crippen LogP contribution in [0.4, 0.5) is 0 Å². The molecule has 146 valence electrons. The Hall–Kier alpha value is -1.08. The molecule has 3 aliphatic carbocycles. The van der Waals surface area contributed by atoms with Gasteiger partial charge < -0.3 is 10.2 Å². The van der Waals surface area contributed by atoms with Gasteiger partial charge in [0.2, 0.25) is 0 Å². The van der Waals surface area contributed by atoms with E-state index in [1.54, 1.807) is 6.07 Å². The van der Waals surface area contributed by atoms with Gasteiger partial charge in [-0.2, -0.15) is 0 Å². The molecule has 0 aromatic heterocycles. The van der Waals surface area contributed by atoms with Crippen LogP contribution in [0.5, 0.6) is 5.75 Å². The summed E-state index contributed by atoms with van der Waals surface area (Å²) in [6.45, 7) is 1.98. The third-order valence-corrected chi connectivity index (χ3v) is 8.02. The lowest BCUT2D eigenvalue weighted by Gasteiger charge is -2.64. The van der Waals surface area contributed by atoms with Gasteiger partial charge in [0, 0.05) is 30.8 Å². The lowest BCUT2D eigenvalue weighted by molar-refractivity contribution is -0.176. The first kappa shape index (κ1) is 18.0. The predicted molar refractivity (Wildman–Crippen MR) is 106 cm³/mol. The van der Waals surface area contributed by atoms with Crippen LogP contribution in [0.2, 0.25) is 0 Å². The second kappa shape index (κ2) is 6.21. The summed E-state index contributed by atoms with van der Waals surface area (Å²) in [7, 11) is 0. The minimum atomic E-state index is -0.942. The average Bonchev–Trinajstić information content (AvgIpc) is 3.44. The molecule has 1 aromatic carbocycles. The minimum absolute atomic E-state index is 0.0446. The SMILES string of the molecule is CSN[C@H]1C[C@@]2(O)[C@H]3Cc4ccc(O)cc4[C@@]2(CCN3CC2CC2)CC1=O. The molecule has 4 aliphatic rings. The normalized spacial score (nSPS) is 38.4. The highest BCUT2D eigenvalue weighted by molar-refractivity contribution is 7.96. The van der Waals surface area contributed by atoms with Gasteiger partial charge >= 0.3 is 0 Å². The first-order chi connectivity index (χ1) is 13.0. The van der Waals surface area contributed by atoms with E-state index in [0.29, 0.717) is 12.8 Å². The van der Waals surface area contributed by atoms with Crippen LogP contribution in [0.1, 0.15) is 43.2 Å². The van der Waals surface area contributed by atoms with Gasteiger partial charge in [-0.15, -0.1) is 0 Å². The van der Waals surface area contributed by atoms with Crippen molar-refractivity contribution >= 4 is 17.7 Å². The second-order valence-electron chi connectivity index (χ2n) is 8.98. The summed E-state index contributed by atoms with van der Waals surface area (Å²) in [5, 5.41) is 22.3. The van der Waals surface area contributed by atoms with E-state index < -0.39 is 11.0 Å². The van der Waals surface area contributed by atoms with Crippen LogP contribution in [-0.4, -0.2) is 57.9 Å². The number of rotatable bonds is 4. The number of ketones is 1. The smallest absolute Gasteiger partial charge is 0.151 e. The van der Waals surface area contributed by atoms with Crippen molar-refractivity contribution in [1.82, 2.24) is 9.62 Å². The van der Waals surface area contributed by atoms with Crippen LogP contribution in [0.15, 0.2) is 18.2 Å². The molecule has 3 N–H and O–H groups in total. The van der Waals surface area contributed by atoms with Gasteiger partial charge in [0.15, 0.2) is 5.78 Å². The lowest BCUT2D eigenvalue weighted by Crippen LogP contribution is -2.75. The summed E-state index contributed by atoms with van der Waals surface area (Å²) in [6.07, 6.45) is 6.90. The number of hydrogen-bond donors (Lipinski definition) is 3. The highest BCUT2D eigenvalue weighted by Gasteiger charge is 2.66. The summed E-state index contributed by atoms with van der Waals surface area (Å²) in [4.78, 5) is 15.5. The number of Topliss-reactive ketones (excluding diaryl/α,β-unsaturated/α-hetero) is 1. The van der Waals surface area contributed by atoms with Gasteiger partial charge in [-0.25, -0.2) is 0 Å². The maximum atomic E-state index is 13.0. The molecule has 3 fully saturated rings. The summed E-state index contributed by atoms with van der Waals surface area (Å²) in [6, 6.07) is 5.28. The number of carbonyl (C=O) groups excluding carboxylic acids is 1. The molecule has 5 rings (SSSR count). The average molecular weight is 389 g/mol. The molecule has 0 radical (unpaired) electrons. The Kier molecular flexibility index (Phi) is 4.14. The number of hydrogen-bond acceptors (Lipinski definition) is 6. The molecule has 1 heterocycles. The molecule has 6 heteroatoms. The van der Waals surface area contributed by atoms with Gasteiger partial charge in [-0.05, 0) is 67.7 Å². The van der Waals surface area contributed by atoms with Crippen molar-refractivity contribution in [1.29, 1.82) is 0 Å². The standard InChI is InChI=1S/C21H28N2O3S/c1-27-22-17-10-21(26)19-8-14-4-5-15(24)9-16(14)20(21,11-18(17)25)6-7-23(19)12-13-2-3-13/h4-5,9,13,17,19,22,24,26H,2-3,6-8,10-12H2,1H3/t17-,19+,20+,21+/m0/s1. The maximum absolute atomic E-state index is 13.0. The first-order valence-corrected chi connectivity index (χ1v) is 11.3. The van der Waals surface area contributed by atoms with Crippen molar-refractivity contribution < 1.29 is 15.0 Å². The van der Waals surface area contributed by atoms with E-state index in [1.165, 1.54) is 30.4 Å². The fraction of sp³-hybridized carbons (Fsp3) is 0.667. The van der Waals surface area contributed by atoms with Gasteiger partial charge in [0.1, 0.15) is 5.75 Å². The Balaban J connectivity index is 1.62. The number of piperidine rings is 1. The monoisotopic (exact) mass is 388 g/mol. The summed E-state index contributed by atoms with van der Waals surface area (Å²) in [5.41, 5.74) is 0.676. The molecule has 27 heavy (non-hydrogen) atoms. The third kappa shape index (κ3) is 2.60. The maximum Gasteiger partial charge on any atom is 0.151 e. The fourth-order valence-electron chi connectivity index (χ4n) is 6.00. The van der Waals surface area contributed by atoms with Crippen molar-refractivity contribution in [2.24, 2.45) is 5.92 Å². The number of fused-ring (bicyclic) bond motifs is 1. The summed E-state index contributed by atoms with van der Waals surface area (Å²) in [5.74, 6) is 1.17. The molecule has 1 aromatic rings. The van der Waals surface area contributed by atoms with Gasteiger partial charge in [0.25, 0.3) is 0 Å². The summed E-state index contributed by atoms with van der Waals surface area (Å²) >= 11 is 1.45. The largest absolute Gasteiger partial charge is 0.508 e. The van der Waals surface area contributed by atoms with Gasteiger partial charge in [-0.1, -0.05) is 18.0 Å². The zero-order valence-corrected chi connectivity index (χ0v) is 16.6. The highest BCUT2D eigenvalue weighted by Crippen LogP contribution is 2.58. The number of aromatic hydroxyl groups is 1. The number of phenols is 1. The van der Waals surface area contributed by atoms with Gasteiger partial charge in [0.05, 0.1) is 11.6 Å². The molecule has 0 amide bonds. The molecule has 2 saturated carbocycles. The number of benzene rings is 1. The molecular formula is C21H28N2O3S. The van der Waals surface area contributed by atoms with Gasteiger partial charge in [-0.3, -0.25) is 14.4 Å². The number of likely N-dealkylation sites (tertiary alicyclic amines) is 1. The Morgan fingerprint density at radius 2 is 2.19 bits per heavy atom. The molecule has 1 saturated heterocycles. The number of carbonyl (C=O) groups is 1. The highest BCUT2D eigenvalue weighted by atomic mass is 32.2. The van der Waals surface area contributed by atoms with Crippen molar-refractivity contribution in [2.45, 2.75) is 61.6 Å². The van der Waals surface area contributed by atoms with Crippen LogP contribution in [0.3, 0.4) is 0 Å². The Morgan fingerprint density at radius 1 is 1.37 bits per heavy atom. The molecule has 1 aliphatic heterocycles. The van der Waals surface area contributed by atoms with Crippen LogP contribution in [0.25, 0.3) is 0 Å². The number of nitrogens with zero attached hydrogens (tertiary/aromatic N) is 1. The zero-order valence-electron chi connectivity index (χ0n) is 15.8. The zero-order chi connectivity index (χ0) is 18.8. The van der Waals surface area contributed by atoms with E-state index in [1.807, 2.05) is 18.4 Å². The van der Waals surface area contributed by atoms with Crippen LogP contribution in [-0.2, 0) is 16.6 Å². The van der Waals surface area contributed by atoms with Crippen molar-refractivity contribution in [2.75, 3.05) is 19.3 Å². The quantitative estimate of drug-likeness (QED) is 0.686. The minimum Gasteiger partial charge on any atom is -0.508 e. The second-order valence-corrected chi connectivity index (χ2v) is 9.62. The van der Waals surface area contributed by atoms with Crippen molar-refractivity contribution in [3.05, 3.63) is 29.3 Å². The van der Waals surface area contributed by atoms with Crippen LogP contribution in [0, 0.1) is 5.92 Å². The van der Waals surface area contributed by atoms with Crippen LogP contribution >= 0.6 is 11.9 Å². The molecular weight excluding hydrogens is 360 g/mol. The van der Waals surface area contributed by atoms with Crippen molar-refractivity contribution in [3.8, 4) is 5.75 Å². The first-order valence-electron chi connectivity index (χ1n) is 10.1. The Labute approximate surface area is 164 Å². The Bertz CT molecular complexity index is 783. The van der Waals surface area contributed by atoms with E-state index in [9.17, 15) is 15.0 Å². The Morgan fingerprint density at radius 3 is 2.93 bits per heavy atom. The van der Waals surface area contributed by atoms with E-state index in [0.717, 1.165) is 37.4 Å². The summed E-state index contributed by atoms with van der Waals surface area (Å²) < 4.78 is 3.22. The number of nitrogens with one attached hydrogen (secondary N) is 1. The molecule has 5 nitrogen and oxygen atoms in total. The number of aliphatic hydroxyl groups is 1. The fourth-order valence-corrected chi connectivity index (χ4v) is 6.50. The lowest BCUT2D eigenvalue weighted by atomic mass is 9.48. The van der Waals surface area contributed by atoms with E-state index >= 15 is 0 Å². The number of phenolic OH excluding ortho intramolecular Hbond substituents is 1. The van der Waals surface area contributed by atoms with Crippen molar-refractivity contribution in [3.63, 3.8) is 0 Å². The third-order valence-electron chi connectivity index (χ3n) is 7.50. The molecule has 4 atom stereocenters. The molecule has 0 spiro atoms. The molecule has 0 unspecified atom stereocenters. The van der Waals surface area contributed by atoms with E-state index in [4.69, 9.17) is 0 Å². The topological polar surface area (TPSA) is 72.8 Å². The van der Waals surface area contributed by atoms with Crippen LogP contribution < -0.4 is 4.72 Å². The van der Waals surface area contributed by atoms with E-state index in [-0.39, 0.29) is 23.6 Å². The van der Waals surface area contributed by atoms with E-state index in [2.05, 4.69) is 9.62 Å². The predicted octanol–water partition coefficient (Wildman–Crippen LogP) is 2.00. The molecule has 2 bridgehead atoms.